The Morgan fingerprint density at radius 1 is 1.07 bits per heavy atom. The lowest BCUT2D eigenvalue weighted by Gasteiger charge is -2.35. The molecule has 4 rings (SSSR count). The first-order chi connectivity index (χ1) is 13.2. The summed E-state index contributed by atoms with van der Waals surface area (Å²) in [6.45, 7) is 4.50. The third-order valence-corrected chi connectivity index (χ3v) is 4.37. The molecule has 4 heterocycles. The summed E-state index contributed by atoms with van der Waals surface area (Å²) < 4.78 is 5.21. The summed E-state index contributed by atoms with van der Waals surface area (Å²) in [4.78, 5) is 29.6. The van der Waals surface area contributed by atoms with Crippen molar-refractivity contribution in [3.63, 3.8) is 0 Å². The van der Waals surface area contributed by atoms with E-state index in [2.05, 4.69) is 25.2 Å². The van der Waals surface area contributed by atoms with Crippen molar-refractivity contribution in [3.05, 3.63) is 60.4 Å². The maximum Gasteiger partial charge on any atom is 0.289 e. The molecule has 1 aliphatic heterocycles. The molecule has 8 heteroatoms. The molecule has 1 amide bonds. The number of aryl methyl sites for hydroxylation is 1. The van der Waals surface area contributed by atoms with E-state index in [1.807, 2.05) is 31.2 Å². The van der Waals surface area contributed by atoms with E-state index < -0.39 is 0 Å². The van der Waals surface area contributed by atoms with Crippen LogP contribution >= 0.6 is 0 Å². The highest BCUT2D eigenvalue weighted by atomic mass is 16.3. The number of pyridine rings is 1. The number of piperazine rings is 1. The highest BCUT2D eigenvalue weighted by Crippen LogP contribution is 2.20. The molecule has 1 N–H and O–H groups in total. The number of carbonyl (C=O) groups excluding carboxylic acids is 1. The highest BCUT2D eigenvalue weighted by Gasteiger charge is 2.24. The monoisotopic (exact) mass is 364 g/mol. The van der Waals surface area contributed by atoms with E-state index in [9.17, 15) is 4.79 Å². The van der Waals surface area contributed by atoms with Gasteiger partial charge in [0.05, 0.1) is 6.26 Å². The van der Waals surface area contributed by atoms with E-state index in [1.165, 1.54) is 6.26 Å². The number of anilines is 3. The first kappa shape index (κ1) is 17.0. The minimum Gasteiger partial charge on any atom is -0.459 e. The summed E-state index contributed by atoms with van der Waals surface area (Å²) in [5, 5.41) is 3.20. The van der Waals surface area contributed by atoms with E-state index >= 15 is 0 Å². The molecule has 8 nitrogen and oxygen atoms in total. The lowest BCUT2D eigenvalue weighted by molar-refractivity contribution is 0.0714. The lowest BCUT2D eigenvalue weighted by Crippen LogP contribution is -2.49. The molecule has 0 aliphatic carbocycles. The summed E-state index contributed by atoms with van der Waals surface area (Å²) in [5.74, 6) is 3.26. The van der Waals surface area contributed by atoms with Gasteiger partial charge in [0.2, 0.25) is 0 Å². The maximum atomic E-state index is 12.4. The fourth-order valence-electron chi connectivity index (χ4n) is 3.04. The number of rotatable bonds is 4. The van der Waals surface area contributed by atoms with E-state index in [-0.39, 0.29) is 5.91 Å². The van der Waals surface area contributed by atoms with Crippen molar-refractivity contribution in [3.8, 4) is 0 Å². The molecule has 3 aromatic heterocycles. The van der Waals surface area contributed by atoms with E-state index in [0.29, 0.717) is 43.6 Å². The summed E-state index contributed by atoms with van der Waals surface area (Å²) in [6.07, 6.45) is 3.25. The first-order valence-corrected chi connectivity index (χ1v) is 8.80. The Balaban J connectivity index is 1.44. The van der Waals surface area contributed by atoms with Crippen LogP contribution in [0.15, 0.2) is 53.3 Å². The Hall–Kier alpha value is -3.42. The lowest BCUT2D eigenvalue weighted by atomic mass is 10.2. The van der Waals surface area contributed by atoms with Crippen LogP contribution in [-0.4, -0.2) is 51.9 Å². The maximum absolute atomic E-state index is 12.4. The second kappa shape index (κ2) is 7.45. The van der Waals surface area contributed by atoms with Gasteiger partial charge in [0.1, 0.15) is 23.3 Å². The van der Waals surface area contributed by atoms with Gasteiger partial charge < -0.3 is 19.5 Å². The zero-order valence-corrected chi connectivity index (χ0v) is 15.0. The SMILES string of the molecule is Cc1nc(Nc2ccccn2)cc(N2CCN(C(=O)c3ccco3)CC2)n1. The predicted octanol–water partition coefficient (Wildman–Crippen LogP) is 2.48. The Morgan fingerprint density at radius 3 is 2.63 bits per heavy atom. The smallest absolute Gasteiger partial charge is 0.289 e. The minimum absolute atomic E-state index is 0.0731. The molecule has 1 fully saturated rings. The van der Waals surface area contributed by atoms with Gasteiger partial charge in [0, 0.05) is 38.4 Å². The van der Waals surface area contributed by atoms with E-state index in [1.54, 1.807) is 23.2 Å². The number of nitrogens with zero attached hydrogens (tertiary/aromatic N) is 5. The number of amides is 1. The normalized spacial score (nSPS) is 14.3. The number of aromatic nitrogens is 3. The van der Waals surface area contributed by atoms with Crippen LogP contribution in [0.1, 0.15) is 16.4 Å². The van der Waals surface area contributed by atoms with E-state index in [0.717, 1.165) is 11.6 Å². The molecular weight excluding hydrogens is 344 g/mol. The standard InChI is InChI=1S/C19H20N6O2/c1-14-21-17(23-16-6-2-3-7-20-16)13-18(22-14)24-8-10-25(11-9-24)19(26)15-5-4-12-27-15/h2-7,12-13H,8-11H2,1H3,(H,20,21,22,23). The molecule has 1 saturated heterocycles. The molecule has 1 aliphatic rings. The van der Waals surface area contributed by atoms with Gasteiger partial charge in [0.25, 0.3) is 5.91 Å². The zero-order valence-electron chi connectivity index (χ0n) is 15.0. The molecule has 138 valence electrons. The Morgan fingerprint density at radius 2 is 1.93 bits per heavy atom. The van der Waals surface area contributed by atoms with Crippen LogP contribution in [0.4, 0.5) is 17.5 Å². The van der Waals surface area contributed by atoms with Crippen molar-refractivity contribution in [2.75, 3.05) is 36.4 Å². The van der Waals surface area contributed by atoms with Crippen LogP contribution in [0.5, 0.6) is 0 Å². The van der Waals surface area contributed by atoms with Crippen molar-refractivity contribution in [1.29, 1.82) is 0 Å². The molecule has 0 atom stereocenters. The average molecular weight is 364 g/mol. The number of nitrogens with one attached hydrogen (secondary N) is 1. The van der Waals surface area contributed by atoms with Crippen molar-refractivity contribution >= 4 is 23.4 Å². The van der Waals surface area contributed by atoms with Gasteiger partial charge in [-0.3, -0.25) is 4.79 Å². The molecule has 0 spiro atoms. The molecular formula is C19H20N6O2. The van der Waals surface area contributed by atoms with Gasteiger partial charge in [0.15, 0.2) is 5.76 Å². The van der Waals surface area contributed by atoms with Crippen molar-refractivity contribution in [2.24, 2.45) is 0 Å². The molecule has 0 saturated carbocycles. The predicted molar refractivity (Wildman–Crippen MR) is 101 cm³/mol. The van der Waals surface area contributed by atoms with Gasteiger partial charge in [-0.25, -0.2) is 15.0 Å². The van der Waals surface area contributed by atoms with Crippen LogP contribution in [-0.2, 0) is 0 Å². The van der Waals surface area contributed by atoms with Crippen molar-refractivity contribution < 1.29 is 9.21 Å². The summed E-state index contributed by atoms with van der Waals surface area (Å²) in [6, 6.07) is 11.0. The van der Waals surface area contributed by atoms with Gasteiger partial charge in [-0.15, -0.1) is 0 Å². The Labute approximate surface area is 156 Å². The van der Waals surface area contributed by atoms with Crippen LogP contribution in [0.2, 0.25) is 0 Å². The summed E-state index contributed by atoms with van der Waals surface area (Å²) >= 11 is 0. The number of furan rings is 1. The highest BCUT2D eigenvalue weighted by molar-refractivity contribution is 5.91. The molecule has 0 radical (unpaired) electrons. The third-order valence-electron chi connectivity index (χ3n) is 4.37. The zero-order chi connectivity index (χ0) is 18.6. The van der Waals surface area contributed by atoms with Crippen LogP contribution < -0.4 is 10.2 Å². The van der Waals surface area contributed by atoms with Gasteiger partial charge in [-0.1, -0.05) is 6.07 Å². The first-order valence-electron chi connectivity index (χ1n) is 8.80. The van der Waals surface area contributed by atoms with Gasteiger partial charge in [-0.05, 0) is 31.2 Å². The van der Waals surface area contributed by atoms with Crippen LogP contribution in [0.3, 0.4) is 0 Å². The fraction of sp³-hybridized carbons (Fsp3) is 0.263. The van der Waals surface area contributed by atoms with Gasteiger partial charge >= 0.3 is 0 Å². The number of hydrogen-bond donors (Lipinski definition) is 1. The van der Waals surface area contributed by atoms with Crippen molar-refractivity contribution in [1.82, 2.24) is 19.9 Å². The number of hydrogen-bond acceptors (Lipinski definition) is 7. The second-order valence-corrected chi connectivity index (χ2v) is 6.26. The minimum atomic E-state index is -0.0731. The average Bonchev–Trinajstić information content (AvgIpc) is 3.23. The quantitative estimate of drug-likeness (QED) is 0.761. The molecule has 27 heavy (non-hydrogen) atoms. The topological polar surface area (TPSA) is 87.4 Å². The Kier molecular flexibility index (Phi) is 4.69. The fourth-order valence-corrected chi connectivity index (χ4v) is 3.04. The van der Waals surface area contributed by atoms with Crippen LogP contribution in [0.25, 0.3) is 0 Å². The van der Waals surface area contributed by atoms with Crippen molar-refractivity contribution in [2.45, 2.75) is 6.92 Å². The molecule has 0 unspecified atom stereocenters. The van der Waals surface area contributed by atoms with Gasteiger partial charge in [-0.2, -0.15) is 0 Å². The Bertz CT molecular complexity index is 905. The molecule has 3 aromatic rings. The molecule has 0 bridgehead atoms. The number of carbonyl (C=O) groups is 1. The molecule has 0 aromatic carbocycles. The van der Waals surface area contributed by atoms with Crippen LogP contribution in [0, 0.1) is 6.92 Å². The largest absolute Gasteiger partial charge is 0.459 e. The summed E-state index contributed by atoms with van der Waals surface area (Å²) in [7, 11) is 0. The summed E-state index contributed by atoms with van der Waals surface area (Å²) in [5.41, 5.74) is 0. The third kappa shape index (κ3) is 3.89. The second-order valence-electron chi connectivity index (χ2n) is 6.26. The van der Waals surface area contributed by atoms with E-state index in [4.69, 9.17) is 4.42 Å².